The second-order valence-corrected chi connectivity index (χ2v) is 9.90. The van der Waals surface area contributed by atoms with Crippen LogP contribution in [0.25, 0.3) is 0 Å². The van der Waals surface area contributed by atoms with Gasteiger partial charge in [-0.2, -0.15) is 0 Å². The third-order valence-corrected chi connectivity index (χ3v) is 5.19. The fourth-order valence-electron chi connectivity index (χ4n) is 3.10. The predicted octanol–water partition coefficient (Wildman–Crippen LogP) is 4.36. The Morgan fingerprint density at radius 2 is 1.61 bits per heavy atom. The van der Waals surface area contributed by atoms with Crippen LogP contribution in [0.5, 0.6) is 0 Å². The van der Waals surface area contributed by atoms with Crippen molar-refractivity contribution in [3.63, 3.8) is 0 Å². The third-order valence-electron chi connectivity index (χ3n) is 5.19. The molecule has 4 heteroatoms. The third kappa shape index (κ3) is 4.71. The largest absolute Gasteiger partial charge is 0.465 e. The van der Waals surface area contributed by atoms with Crippen molar-refractivity contribution in [1.29, 1.82) is 0 Å². The fourth-order valence-corrected chi connectivity index (χ4v) is 3.10. The van der Waals surface area contributed by atoms with E-state index in [1.807, 2.05) is 20.8 Å². The molecule has 0 aliphatic carbocycles. The quantitative estimate of drug-likeness (QED) is 0.720. The van der Waals surface area contributed by atoms with E-state index >= 15 is 0 Å². The van der Waals surface area contributed by atoms with Crippen LogP contribution in [0.2, 0.25) is 0 Å². The summed E-state index contributed by atoms with van der Waals surface area (Å²) in [5.74, 6) is -0.491. The van der Waals surface area contributed by atoms with E-state index < -0.39 is 11.0 Å². The van der Waals surface area contributed by atoms with Crippen molar-refractivity contribution in [2.24, 2.45) is 22.2 Å². The smallest absolute Gasteiger partial charge is 0.312 e. The summed E-state index contributed by atoms with van der Waals surface area (Å²) in [6, 6.07) is 0. The van der Waals surface area contributed by atoms with E-state index in [1.54, 1.807) is 0 Å². The van der Waals surface area contributed by atoms with Gasteiger partial charge in [0.25, 0.3) is 0 Å². The Morgan fingerprint density at radius 3 is 1.96 bits per heavy atom. The summed E-state index contributed by atoms with van der Waals surface area (Å²) in [5, 5.41) is 0. The minimum Gasteiger partial charge on any atom is -0.465 e. The van der Waals surface area contributed by atoms with E-state index in [4.69, 9.17) is 9.47 Å². The van der Waals surface area contributed by atoms with Crippen molar-refractivity contribution in [2.45, 2.75) is 80.8 Å². The second kappa shape index (κ2) is 6.10. The monoisotopic (exact) mass is 326 g/mol. The van der Waals surface area contributed by atoms with Crippen LogP contribution in [0, 0.1) is 22.2 Å². The zero-order valence-corrected chi connectivity index (χ0v) is 16.3. The Kier molecular flexibility index (Phi) is 5.30. The number of hydrogen-bond acceptors (Lipinski definition) is 4. The van der Waals surface area contributed by atoms with Crippen LogP contribution >= 0.6 is 0 Å². The first kappa shape index (κ1) is 20.0. The minimum absolute atomic E-state index is 0.0115. The molecule has 0 aromatic rings. The van der Waals surface area contributed by atoms with Crippen LogP contribution in [0.3, 0.4) is 0 Å². The van der Waals surface area contributed by atoms with E-state index in [-0.39, 0.29) is 28.7 Å². The Balaban J connectivity index is 3.00. The standard InChI is InChI=1S/C19H34O4/c1-16(2,3)12-19(9,17(4,5)6)15(21)23-18(7,8)13-10-14(20)22-11-13/h13H,10-12H2,1-9H3. The zero-order chi connectivity index (χ0) is 18.3. The van der Waals surface area contributed by atoms with Crippen molar-refractivity contribution < 1.29 is 19.1 Å². The molecule has 1 heterocycles. The molecule has 1 fully saturated rings. The lowest BCUT2D eigenvalue weighted by molar-refractivity contribution is -0.183. The number of ether oxygens (including phenoxy) is 2. The van der Waals surface area contributed by atoms with Gasteiger partial charge in [-0.3, -0.25) is 9.59 Å². The molecule has 1 aliphatic heterocycles. The summed E-state index contributed by atoms with van der Waals surface area (Å²) >= 11 is 0. The van der Waals surface area contributed by atoms with Gasteiger partial charge in [-0.25, -0.2) is 0 Å². The maximum absolute atomic E-state index is 13.1. The van der Waals surface area contributed by atoms with E-state index in [1.165, 1.54) is 0 Å². The maximum Gasteiger partial charge on any atom is 0.312 e. The van der Waals surface area contributed by atoms with E-state index in [0.717, 1.165) is 6.42 Å². The summed E-state index contributed by atoms with van der Waals surface area (Å²) in [4.78, 5) is 24.5. The molecular formula is C19H34O4. The van der Waals surface area contributed by atoms with Crippen LogP contribution in [-0.4, -0.2) is 24.1 Å². The van der Waals surface area contributed by atoms with Gasteiger partial charge in [-0.15, -0.1) is 0 Å². The van der Waals surface area contributed by atoms with E-state index in [9.17, 15) is 9.59 Å². The highest BCUT2D eigenvalue weighted by Gasteiger charge is 2.50. The first-order valence-corrected chi connectivity index (χ1v) is 8.48. The molecule has 0 N–H and O–H groups in total. The molecule has 0 saturated carbocycles. The molecular weight excluding hydrogens is 292 g/mol. The Morgan fingerprint density at radius 1 is 1.09 bits per heavy atom. The highest BCUT2D eigenvalue weighted by atomic mass is 16.6. The van der Waals surface area contributed by atoms with Crippen molar-refractivity contribution in [3.8, 4) is 0 Å². The highest BCUT2D eigenvalue weighted by Crippen LogP contribution is 2.48. The Hall–Kier alpha value is -1.06. The summed E-state index contributed by atoms with van der Waals surface area (Å²) in [6.07, 6.45) is 1.05. The second-order valence-electron chi connectivity index (χ2n) is 9.90. The van der Waals surface area contributed by atoms with Gasteiger partial charge in [-0.1, -0.05) is 41.5 Å². The minimum atomic E-state index is -0.715. The summed E-state index contributed by atoms with van der Waals surface area (Å²) in [5.41, 5.74) is -1.54. The maximum atomic E-state index is 13.1. The average Bonchev–Trinajstić information content (AvgIpc) is 2.72. The van der Waals surface area contributed by atoms with E-state index in [2.05, 4.69) is 41.5 Å². The molecule has 2 atom stereocenters. The van der Waals surface area contributed by atoms with Crippen molar-refractivity contribution in [2.75, 3.05) is 6.61 Å². The molecule has 134 valence electrons. The van der Waals surface area contributed by atoms with E-state index in [0.29, 0.717) is 13.0 Å². The van der Waals surface area contributed by atoms with Crippen molar-refractivity contribution >= 4 is 11.9 Å². The Labute approximate surface area is 141 Å². The average molecular weight is 326 g/mol. The van der Waals surface area contributed by atoms with Gasteiger partial charge in [-0.05, 0) is 38.0 Å². The first-order valence-electron chi connectivity index (χ1n) is 8.48. The van der Waals surface area contributed by atoms with Gasteiger partial charge < -0.3 is 9.47 Å². The van der Waals surface area contributed by atoms with Crippen LogP contribution in [0.15, 0.2) is 0 Å². The van der Waals surface area contributed by atoms with Crippen LogP contribution in [-0.2, 0) is 19.1 Å². The lowest BCUT2D eigenvalue weighted by Gasteiger charge is -2.45. The van der Waals surface area contributed by atoms with Crippen molar-refractivity contribution in [3.05, 3.63) is 0 Å². The predicted molar refractivity (Wildman–Crippen MR) is 90.9 cm³/mol. The number of hydrogen-bond donors (Lipinski definition) is 0. The topological polar surface area (TPSA) is 52.6 Å². The van der Waals surface area contributed by atoms with Gasteiger partial charge in [0.1, 0.15) is 5.60 Å². The summed E-state index contributed by atoms with van der Waals surface area (Å²) < 4.78 is 11.0. The molecule has 23 heavy (non-hydrogen) atoms. The number of carbonyl (C=O) groups excluding carboxylic acids is 2. The molecule has 1 saturated heterocycles. The molecule has 0 aromatic heterocycles. The van der Waals surface area contributed by atoms with Crippen LogP contribution < -0.4 is 0 Å². The van der Waals surface area contributed by atoms with Gasteiger partial charge in [0.2, 0.25) is 0 Å². The van der Waals surface area contributed by atoms with Crippen LogP contribution in [0.4, 0.5) is 0 Å². The normalized spacial score (nSPS) is 22.5. The molecule has 2 unspecified atom stereocenters. The van der Waals surface area contributed by atoms with Crippen LogP contribution in [0.1, 0.15) is 75.2 Å². The molecule has 0 bridgehead atoms. The molecule has 0 amide bonds. The lowest BCUT2D eigenvalue weighted by atomic mass is 9.61. The Bertz CT molecular complexity index is 465. The van der Waals surface area contributed by atoms with Gasteiger partial charge in [0.05, 0.1) is 18.4 Å². The first-order chi connectivity index (χ1) is 10.1. The number of esters is 2. The number of rotatable bonds is 4. The highest BCUT2D eigenvalue weighted by molar-refractivity contribution is 5.78. The molecule has 1 rings (SSSR count). The lowest BCUT2D eigenvalue weighted by Crippen LogP contribution is -2.48. The molecule has 0 radical (unpaired) electrons. The molecule has 0 spiro atoms. The number of carbonyl (C=O) groups is 2. The number of cyclic esters (lactones) is 1. The van der Waals surface area contributed by atoms with Gasteiger partial charge in [0.15, 0.2) is 0 Å². The summed E-state index contributed by atoms with van der Waals surface area (Å²) in [7, 11) is 0. The van der Waals surface area contributed by atoms with Crippen molar-refractivity contribution in [1.82, 2.24) is 0 Å². The zero-order valence-electron chi connectivity index (χ0n) is 16.3. The van der Waals surface area contributed by atoms with Gasteiger partial charge >= 0.3 is 11.9 Å². The molecule has 1 aliphatic rings. The summed E-state index contributed by atoms with van der Waals surface area (Å²) in [6.45, 7) is 18.7. The molecule has 0 aromatic carbocycles. The SMILES string of the molecule is CC(C)(C)CC(C)(C(=O)OC(C)(C)C1COC(=O)C1)C(C)(C)C. The van der Waals surface area contributed by atoms with Gasteiger partial charge in [0, 0.05) is 5.92 Å². The fraction of sp³-hybridized carbons (Fsp3) is 0.895. The molecule has 4 nitrogen and oxygen atoms in total.